The number of rotatable bonds is 4. The first-order chi connectivity index (χ1) is 14.4. The van der Waals surface area contributed by atoms with Crippen molar-refractivity contribution in [2.75, 3.05) is 49.1 Å². The maximum atomic E-state index is 11.9. The van der Waals surface area contributed by atoms with Gasteiger partial charge in [-0.05, 0) is 51.2 Å². The van der Waals surface area contributed by atoms with Gasteiger partial charge in [-0.15, -0.1) is 0 Å². The number of aromatic nitrogens is 1. The molecule has 0 saturated carbocycles. The number of piperazine rings is 1. The van der Waals surface area contributed by atoms with Gasteiger partial charge in [-0.2, -0.15) is 0 Å². The zero-order valence-corrected chi connectivity index (χ0v) is 18.0. The highest BCUT2D eigenvalue weighted by molar-refractivity contribution is 5.95. The normalized spacial score (nSPS) is 24.2. The van der Waals surface area contributed by atoms with Crippen LogP contribution in [0.4, 0.5) is 16.3 Å². The molecule has 4 heterocycles. The van der Waals surface area contributed by atoms with Crippen LogP contribution in [0.25, 0.3) is 0 Å². The topological polar surface area (TPSA) is 80.2 Å². The maximum Gasteiger partial charge on any atom is 0.407 e. The third-order valence-electron chi connectivity index (χ3n) is 6.95. The highest BCUT2D eigenvalue weighted by atomic mass is 16.4. The summed E-state index contributed by atoms with van der Waals surface area (Å²) in [6, 6.07) is 4.50. The number of amides is 2. The molecule has 2 amide bonds. The van der Waals surface area contributed by atoms with Crippen molar-refractivity contribution in [1.82, 2.24) is 14.8 Å². The quantitative estimate of drug-likeness (QED) is 0.814. The lowest BCUT2D eigenvalue weighted by Gasteiger charge is -2.47. The number of hydrogen-bond donors (Lipinski definition) is 1. The first-order valence-electron chi connectivity index (χ1n) is 11.2. The number of carbonyl (C=O) groups excluding carboxylic acids is 1. The fraction of sp³-hybridized carbons (Fsp3) is 0.682. The minimum Gasteiger partial charge on any atom is -0.465 e. The molecule has 1 atom stereocenters. The van der Waals surface area contributed by atoms with Crippen molar-refractivity contribution in [2.45, 2.75) is 51.6 Å². The van der Waals surface area contributed by atoms with Gasteiger partial charge in [-0.25, -0.2) is 9.78 Å². The second-order valence-corrected chi connectivity index (χ2v) is 8.98. The molecular formula is C22H33N5O3. The van der Waals surface area contributed by atoms with Crippen LogP contribution in [-0.2, 0) is 4.79 Å². The molecule has 1 N–H and O–H groups in total. The molecular weight excluding hydrogens is 382 g/mol. The Morgan fingerprint density at radius 3 is 2.47 bits per heavy atom. The van der Waals surface area contributed by atoms with Crippen LogP contribution < -0.4 is 9.80 Å². The van der Waals surface area contributed by atoms with E-state index in [0.717, 1.165) is 63.5 Å². The van der Waals surface area contributed by atoms with Crippen molar-refractivity contribution in [2.24, 2.45) is 5.92 Å². The standard InChI is InChI=1S/C22H33N5O3/c1-16(2)25-12-13-27(22(29)30)19(15-25)17-7-10-24(11-8-17)20-6-5-18(14-23-20)26-9-3-4-21(26)28/h5-6,14,16-17,19H,3-4,7-13,15H2,1-2H3,(H,29,30). The Balaban J connectivity index is 1.38. The Hall–Kier alpha value is -2.35. The molecule has 1 aromatic heterocycles. The van der Waals surface area contributed by atoms with Gasteiger partial charge in [0.2, 0.25) is 5.91 Å². The molecule has 0 aromatic carbocycles. The minimum atomic E-state index is -0.792. The van der Waals surface area contributed by atoms with Crippen molar-refractivity contribution in [3.8, 4) is 0 Å². The second kappa shape index (κ2) is 8.79. The van der Waals surface area contributed by atoms with Gasteiger partial charge in [0, 0.05) is 51.7 Å². The van der Waals surface area contributed by atoms with Crippen LogP contribution in [0, 0.1) is 5.92 Å². The molecule has 164 valence electrons. The zero-order valence-electron chi connectivity index (χ0n) is 18.0. The van der Waals surface area contributed by atoms with E-state index in [9.17, 15) is 14.7 Å². The lowest BCUT2D eigenvalue weighted by molar-refractivity contribution is -0.117. The number of carbonyl (C=O) groups is 2. The van der Waals surface area contributed by atoms with Gasteiger partial charge in [0.25, 0.3) is 0 Å². The van der Waals surface area contributed by atoms with Crippen molar-refractivity contribution >= 4 is 23.5 Å². The monoisotopic (exact) mass is 415 g/mol. The molecule has 3 saturated heterocycles. The second-order valence-electron chi connectivity index (χ2n) is 8.98. The minimum absolute atomic E-state index is 0.0670. The molecule has 3 aliphatic heterocycles. The van der Waals surface area contributed by atoms with Gasteiger partial charge < -0.3 is 19.8 Å². The Kier molecular flexibility index (Phi) is 6.13. The number of anilines is 2. The number of carboxylic acid groups (broad SMARTS) is 1. The van der Waals surface area contributed by atoms with Crippen LogP contribution in [0.15, 0.2) is 18.3 Å². The van der Waals surface area contributed by atoms with Crippen LogP contribution in [0.3, 0.4) is 0 Å². The van der Waals surface area contributed by atoms with Gasteiger partial charge in [0.15, 0.2) is 0 Å². The Morgan fingerprint density at radius 2 is 1.90 bits per heavy atom. The molecule has 1 aromatic rings. The Bertz CT molecular complexity index is 761. The fourth-order valence-corrected chi connectivity index (χ4v) is 5.10. The summed E-state index contributed by atoms with van der Waals surface area (Å²) in [7, 11) is 0. The lowest BCUT2D eigenvalue weighted by Crippen LogP contribution is -2.60. The molecule has 4 rings (SSSR count). The highest BCUT2D eigenvalue weighted by Gasteiger charge is 2.38. The van der Waals surface area contributed by atoms with Crippen LogP contribution in [0.1, 0.15) is 39.5 Å². The molecule has 8 nitrogen and oxygen atoms in total. The molecule has 3 fully saturated rings. The highest BCUT2D eigenvalue weighted by Crippen LogP contribution is 2.30. The maximum absolute atomic E-state index is 11.9. The largest absolute Gasteiger partial charge is 0.465 e. The molecule has 3 aliphatic rings. The SMILES string of the molecule is CC(C)N1CCN(C(=O)O)C(C2CCN(c3ccc(N4CCCC4=O)cn3)CC2)C1. The first-order valence-corrected chi connectivity index (χ1v) is 11.2. The molecule has 1 unspecified atom stereocenters. The molecule has 8 heteroatoms. The number of nitrogens with zero attached hydrogens (tertiary/aromatic N) is 5. The van der Waals surface area contributed by atoms with E-state index in [2.05, 4.69) is 28.6 Å². The van der Waals surface area contributed by atoms with E-state index in [1.165, 1.54) is 0 Å². The van der Waals surface area contributed by atoms with Crippen molar-refractivity contribution in [3.63, 3.8) is 0 Å². The van der Waals surface area contributed by atoms with E-state index in [-0.39, 0.29) is 11.9 Å². The molecule has 30 heavy (non-hydrogen) atoms. The van der Waals surface area contributed by atoms with Gasteiger partial charge in [-0.1, -0.05) is 0 Å². The van der Waals surface area contributed by atoms with Crippen molar-refractivity contribution < 1.29 is 14.7 Å². The smallest absolute Gasteiger partial charge is 0.407 e. The van der Waals surface area contributed by atoms with E-state index in [0.29, 0.717) is 24.9 Å². The summed E-state index contributed by atoms with van der Waals surface area (Å²) in [5, 5.41) is 9.69. The summed E-state index contributed by atoms with van der Waals surface area (Å²) in [6.45, 7) is 9.14. The first kappa shape index (κ1) is 20.9. The molecule has 0 radical (unpaired) electrons. The van der Waals surface area contributed by atoms with E-state index in [1.807, 2.05) is 17.0 Å². The van der Waals surface area contributed by atoms with Crippen molar-refractivity contribution in [3.05, 3.63) is 18.3 Å². The van der Waals surface area contributed by atoms with E-state index in [1.54, 1.807) is 11.1 Å². The summed E-state index contributed by atoms with van der Waals surface area (Å²) in [5.74, 6) is 1.49. The summed E-state index contributed by atoms with van der Waals surface area (Å²) in [4.78, 5) is 36.5. The summed E-state index contributed by atoms with van der Waals surface area (Å²) in [6.07, 6.45) is 4.48. The molecule has 0 bridgehead atoms. The van der Waals surface area contributed by atoms with E-state index < -0.39 is 6.09 Å². The van der Waals surface area contributed by atoms with E-state index >= 15 is 0 Å². The van der Waals surface area contributed by atoms with Crippen LogP contribution in [0.2, 0.25) is 0 Å². The van der Waals surface area contributed by atoms with Crippen molar-refractivity contribution in [1.29, 1.82) is 0 Å². The third kappa shape index (κ3) is 4.24. The average molecular weight is 416 g/mol. The summed E-state index contributed by atoms with van der Waals surface area (Å²) < 4.78 is 0. The number of pyridine rings is 1. The number of piperidine rings is 1. The Labute approximate surface area is 178 Å². The van der Waals surface area contributed by atoms with Crippen LogP contribution >= 0.6 is 0 Å². The fourth-order valence-electron chi connectivity index (χ4n) is 5.10. The predicted octanol–water partition coefficient (Wildman–Crippen LogP) is 2.50. The lowest BCUT2D eigenvalue weighted by atomic mass is 9.87. The summed E-state index contributed by atoms with van der Waals surface area (Å²) >= 11 is 0. The van der Waals surface area contributed by atoms with Crippen LogP contribution in [0.5, 0.6) is 0 Å². The van der Waals surface area contributed by atoms with Gasteiger partial charge in [-0.3, -0.25) is 9.69 Å². The van der Waals surface area contributed by atoms with E-state index in [4.69, 9.17) is 0 Å². The van der Waals surface area contributed by atoms with Crippen LogP contribution in [-0.4, -0.2) is 83.2 Å². The third-order valence-corrected chi connectivity index (χ3v) is 6.95. The number of hydrogen-bond acceptors (Lipinski definition) is 5. The Morgan fingerprint density at radius 1 is 1.13 bits per heavy atom. The molecule has 0 aliphatic carbocycles. The molecule has 0 spiro atoms. The van der Waals surface area contributed by atoms with Gasteiger partial charge in [0.1, 0.15) is 5.82 Å². The summed E-state index contributed by atoms with van der Waals surface area (Å²) in [5.41, 5.74) is 0.879. The average Bonchev–Trinajstić information content (AvgIpc) is 3.19. The van der Waals surface area contributed by atoms with Gasteiger partial charge in [0.05, 0.1) is 17.9 Å². The van der Waals surface area contributed by atoms with Gasteiger partial charge >= 0.3 is 6.09 Å². The zero-order chi connectivity index (χ0) is 21.3. The predicted molar refractivity (Wildman–Crippen MR) is 116 cm³/mol.